The number of piperazine rings is 1. The molecule has 9 rings (SSSR count). The molecular weight excluding hydrogens is 837 g/mol. The molecule has 0 aliphatic carbocycles. The summed E-state index contributed by atoms with van der Waals surface area (Å²) in [5, 5.41) is 9.39. The van der Waals surface area contributed by atoms with E-state index >= 15 is 0 Å². The van der Waals surface area contributed by atoms with Gasteiger partial charge >= 0.3 is 17.8 Å². The number of aromatic amines is 1. The molecule has 0 saturated carbocycles. The Morgan fingerprint density at radius 3 is 2.33 bits per heavy atom. The number of amides is 4. The smallest absolute Gasteiger partial charge is 0.328 e. The number of hydrogen-bond acceptors (Lipinski definition) is 13. The number of H-pyrrole nitrogens is 1. The molecule has 3 aromatic heterocycles. The fourth-order valence-corrected chi connectivity index (χ4v) is 9.37. The first-order valence-corrected chi connectivity index (χ1v) is 22.8. The van der Waals surface area contributed by atoms with Gasteiger partial charge in [-0.15, -0.1) is 0 Å². The minimum atomic E-state index is -0.424. The number of aromatic nitrogens is 6. The van der Waals surface area contributed by atoms with Gasteiger partial charge in [-0.25, -0.2) is 19.7 Å². The second-order valence-electron chi connectivity index (χ2n) is 18.8. The average Bonchev–Trinajstić information content (AvgIpc) is 3.99. The van der Waals surface area contributed by atoms with Crippen molar-refractivity contribution >= 4 is 46.1 Å². The number of nitrogens with one attached hydrogen (secondary N) is 3. The van der Waals surface area contributed by atoms with Gasteiger partial charge in [0.25, 0.3) is 0 Å². The van der Waals surface area contributed by atoms with Crippen LogP contribution in [0.4, 0.5) is 21.9 Å². The summed E-state index contributed by atoms with van der Waals surface area (Å²) in [5.74, 6) is 1.88. The van der Waals surface area contributed by atoms with Gasteiger partial charge in [0.15, 0.2) is 11.5 Å². The van der Waals surface area contributed by atoms with Crippen molar-refractivity contribution in [3.8, 4) is 28.4 Å². The topological polar surface area (TPSA) is 191 Å². The number of rotatable bonds is 11. The van der Waals surface area contributed by atoms with Crippen molar-refractivity contribution in [2.24, 2.45) is 5.92 Å². The summed E-state index contributed by atoms with van der Waals surface area (Å²) < 4.78 is 11.2. The van der Waals surface area contributed by atoms with Crippen LogP contribution in [0.1, 0.15) is 86.2 Å². The molecule has 3 saturated heterocycles. The number of imidazole rings is 1. The van der Waals surface area contributed by atoms with Gasteiger partial charge in [0.05, 0.1) is 18.8 Å². The SMILES string of the molecule is COc1cc(-c2nc3c(-c4ccc([C@@H](C)NC(=O)c5nc(C(C)(C)C)no5)c(C)c4)ncnc3[nH]2)ccc1N1CCN(CC2CCN(c3ccc(N4CCC(=O)NC4=O)c(C)c3)CC2)CC1. The van der Waals surface area contributed by atoms with Crippen LogP contribution in [0.3, 0.4) is 0 Å². The number of carbonyl (C=O) groups is 3. The molecule has 0 bridgehead atoms. The maximum atomic E-state index is 13.0. The molecule has 0 radical (unpaired) electrons. The number of carbonyl (C=O) groups excluding carboxylic acids is 3. The molecule has 1 atom stereocenters. The highest BCUT2D eigenvalue weighted by atomic mass is 16.5. The van der Waals surface area contributed by atoms with Crippen LogP contribution in [0.5, 0.6) is 5.75 Å². The molecule has 3 aliphatic rings. The van der Waals surface area contributed by atoms with E-state index in [1.807, 2.05) is 71.9 Å². The summed E-state index contributed by atoms with van der Waals surface area (Å²) in [5.41, 5.74) is 9.49. The summed E-state index contributed by atoms with van der Waals surface area (Å²) in [7, 11) is 1.71. The van der Waals surface area contributed by atoms with Gasteiger partial charge in [-0.3, -0.25) is 24.7 Å². The fourth-order valence-electron chi connectivity index (χ4n) is 9.37. The number of hydrogen-bond donors (Lipinski definition) is 3. The summed E-state index contributed by atoms with van der Waals surface area (Å²) in [6.45, 7) is 19.1. The van der Waals surface area contributed by atoms with E-state index in [1.54, 1.807) is 18.3 Å². The van der Waals surface area contributed by atoms with E-state index in [9.17, 15) is 14.4 Å². The highest BCUT2D eigenvalue weighted by Gasteiger charge is 2.29. The van der Waals surface area contributed by atoms with Crippen LogP contribution in [0.2, 0.25) is 0 Å². The molecule has 66 heavy (non-hydrogen) atoms. The first kappa shape index (κ1) is 44.3. The fraction of sp³-hybridized carbons (Fsp3) is 0.429. The molecule has 0 spiro atoms. The Balaban J connectivity index is 0.799. The number of nitrogens with zero attached hydrogens (tertiary/aromatic N) is 9. The van der Waals surface area contributed by atoms with E-state index in [-0.39, 0.29) is 29.3 Å². The van der Waals surface area contributed by atoms with Crippen molar-refractivity contribution in [2.45, 2.75) is 72.3 Å². The Morgan fingerprint density at radius 1 is 0.879 bits per heavy atom. The van der Waals surface area contributed by atoms with Gasteiger partial charge in [0, 0.05) is 86.7 Å². The Bertz CT molecular complexity index is 2780. The van der Waals surface area contributed by atoms with Crippen LogP contribution in [0.25, 0.3) is 33.8 Å². The monoisotopic (exact) mass is 894 g/mol. The number of fused-ring (bicyclic) bond motifs is 1. The Labute approximate surface area is 384 Å². The third-order valence-electron chi connectivity index (χ3n) is 13.1. The maximum absolute atomic E-state index is 13.0. The summed E-state index contributed by atoms with van der Waals surface area (Å²) in [4.78, 5) is 68.0. The third-order valence-corrected chi connectivity index (χ3v) is 13.1. The van der Waals surface area contributed by atoms with Crippen molar-refractivity contribution < 1.29 is 23.6 Å². The zero-order valence-electron chi connectivity index (χ0n) is 38.8. The molecule has 3 N–H and O–H groups in total. The Morgan fingerprint density at radius 2 is 1.64 bits per heavy atom. The van der Waals surface area contributed by atoms with Crippen molar-refractivity contribution in [1.82, 2.24) is 45.6 Å². The van der Waals surface area contributed by atoms with Gasteiger partial charge < -0.3 is 29.4 Å². The first-order valence-electron chi connectivity index (χ1n) is 22.8. The first-order chi connectivity index (χ1) is 31.7. The number of aryl methyl sites for hydroxylation is 2. The van der Waals surface area contributed by atoms with E-state index < -0.39 is 5.91 Å². The van der Waals surface area contributed by atoms with Crippen molar-refractivity contribution in [1.29, 1.82) is 0 Å². The lowest BCUT2D eigenvalue weighted by Crippen LogP contribution is -2.49. The molecule has 3 aromatic carbocycles. The highest BCUT2D eigenvalue weighted by molar-refractivity contribution is 6.06. The molecule has 17 heteroatoms. The molecule has 6 aromatic rings. The van der Waals surface area contributed by atoms with Gasteiger partial charge in [-0.1, -0.05) is 38.1 Å². The number of imide groups is 1. The molecule has 344 valence electrons. The Kier molecular flexibility index (Phi) is 12.2. The number of ether oxygens (including phenoxy) is 1. The van der Waals surface area contributed by atoms with E-state index in [1.165, 1.54) is 5.69 Å². The van der Waals surface area contributed by atoms with E-state index in [2.05, 4.69) is 74.7 Å². The van der Waals surface area contributed by atoms with Crippen LogP contribution in [0, 0.1) is 19.8 Å². The number of methoxy groups -OCH3 is 1. The standard InChI is InChI=1S/C49H58N12O5/c1-29-24-33(8-11-36(29)31(3)52-45(63)46-56-47(57-66-46)49(4,5)6)41-42-44(51-28-50-41)55-43(54-42)34-9-12-38(39(26-34)65-7)60-22-20-58(21-23-60)27-32-14-17-59(18-15-32)35-10-13-37(30(2)25-35)61-19-16-40(62)53-48(61)64/h8-13,24-26,28,31-32H,14-23,27H2,1-7H3,(H,52,63)(H,53,62,64)(H,50,51,54,55)/t31-/m1/s1. The van der Waals surface area contributed by atoms with E-state index in [4.69, 9.17) is 14.2 Å². The van der Waals surface area contributed by atoms with E-state index in [0.717, 1.165) is 104 Å². The van der Waals surface area contributed by atoms with Crippen molar-refractivity contribution in [2.75, 3.05) is 74.2 Å². The van der Waals surface area contributed by atoms with Gasteiger partial charge in [0.2, 0.25) is 5.91 Å². The van der Waals surface area contributed by atoms with Crippen LogP contribution in [0.15, 0.2) is 65.4 Å². The second kappa shape index (κ2) is 18.2. The molecule has 3 aliphatic heterocycles. The lowest BCUT2D eigenvalue weighted by molar-refractivity contribution is -0.120. The quantitative estimate of drug-likeness (QED) is 0.121. The molecule has 0 unspecified atom stereocenters. The number of urea groups is 1. The summed E-state index contributed by atoms with van der Waals surface area (Å²) in [6, 6.07) is 17.9. The van der Waals surface area contributed by atoms with Gasteiger partial charge in [0.1, 0.15) is 29.1 Å². The predicted molar refractivity (Wildman–Crippen MR) is 253 cm³/mol. The third kappa shape index (κ3) is 9.16. The predicted octanol–water partition coefficient (Wildman–Crippen LogP) is 6.97. The summed E-state index contributed by atoms with van der Waals surface area (Å²) in [6.07, 6.45) is 4.13. The van der Waals surface area contributed by atoms with Crippen molar-refractivity contribution in [3.05, 3.63) is 89.3 Å². The zero-order chi connectivity index (χ0) is 46.3. The Hall–Kier alpha value is -6.88. The highest BCUT2D eigenvalue weighted by Crippen LogP contribution is 2.36. The zero-order valence-corrected chi connectivity index (χ0v) is 38.8. The largest absolute Gasteiger partial charge is 0.495 e. The number of anilines is 3. The van der Waals surface area contributed by atoms with Gasteiger partial charge in [-0.05, 0) is 98.7 Å². The second-order valence-corrected chi connectivity index (χ2v) is 18.8. The lowest BCUT2D eigenvalue weighted by Gasteiger charge is -2.40. The van der Waals surface area contributed by atoms with Crippen LogP contribution in [-0.2, 0) is 10.2 Å². The molecule has 3 fully saturated rings. The molecule has 17 nitrogen and oxygen atoms in total. The molecular formula is C49H58N12O5. The normalized spacial score (nSPS) is 17.0. The maximum Gasteiger partial charge on any atom is 0.328 e. The number of piperidine rings is 1. The number of benzene rings is 3. The van der Waals surface area contributed by atoms with Crippen LogP contribution in [-0.4, -0.2) is 112 Å². The minimum Gasteiger partial charge on any atom is -0.495 e. The molecule has 6 heterocycles. The van der Waals surface area contributed by atoms with Crippen LogP contribution < -0.4 is 30.1 Å². The van der Waals surface area contributed by atoms with Gasteiger partial charge in [-0.2, -0.15) is 4.98 Å². The van der Waals surface area contributed by atoms with E-state index in [0.29, 0.717) is 47.4 Å². The van der Waals surface area contributed by atoms with Crippen LogP contribution >= 0.6 is 0 Å². The minimum absolute atomic E-state index is 0.0605. The average molecular weight is 895 g/mol. The van der Waals surface area contributed by atoms with Crippen molar-refractivity contribution in [3.63, 3.8) is 0 Å². The lowest BCUT2D eigenvalue weighted by atomic mass is 9.95. The molecule has 4 amide bonds. The summed E-state index contributed by atoms with van der Waals surface area (Å²) >= 11 is 0.